The number of carbonyl (C=O) groups is 1. The van der Waals surface area contributed by atoms with Crippen molar-refractivity contribution in [2.75, 3.05) is 13.1 Å². The lowest BCUT2D eigenvalue weighted by Gasteiger charge is -2.17. The molecule has 4 nitrogen and oxygen atoms in total. The molecule has 1 atom stereocenters. The molecule has 116 valence electrons. The van der Waals surface area contributed by atoms with E-state index in [0.717, 1.165) is 12.1 Å². The van der Waals surface area contributed by atoms with Crippen LogP contribution in [0.15, 0.2) is 55.0 Å². The van der Waals surface area contributed by atoms with Gasteiger partial charge in [0.15, 0.2) is 0 Å². The lowest BCUT2D eigenvalue weighted by molar-refractivity contribution is 0.0790. The summed E-state index contributed by atoms with van der Waals surface area (Å²) in [6, 6.07) is 10.4. The maximum absolute atomic E-state index is 13.9. The van der Waals surface area contributed by atoms with Crippen molar-refractivity contribution in [3.05, 3.63) is 71.9 Å². The van der Waals surface area contributed by atoms with Crippen LogP contribution in [0.25, 0.3) is 5.65 Å². The highest BCUT2D eigenvalue weighted by Gasteiger charge is 2.29. The SMILES string of the molecule is O=C(c1ccc2nccn2c1)N1CCC(c2ccccc2F)C1. The van der Waals surface area contributed by atoms with Gasteiger partial charge in [-0.05, 0) is 30.2 Å². The Morgan fingerprint density at radius 2 is 2.09 bits per heavy atom. The van der Waals surface area contributed by atoms with Gasteiger partial charge >= 0.3 is 0 Å². The van der Waals surface area contributed by atoms with Gasteiger partial charge in [0.2, 0.25) is 0 Å². The summed E-state index contributed by atoms with van der Waals surface area (Å²) in [5.74, 6) is -0.136. The Labute approximate surface area is 133 Å². The molecule has 0 N–H and O–H groups in total. The number of aromatic nitrogens is 2. The zero-order valence-electron chi connectivity index (χ0n) is 12.5. The summed E-state index contributed by atoms with van der Waals surface area (Å²) in [5, 5.41) is 0. The standard InChI is InChI=1S/C18H16FN3O/c19-16-4-2-1-3-15(16)13-7-9-22(11-13)18(23)14-5-6-17-20-8-10-21(17)12-14/h1-6,8,10,12-13H,7,9,11H2. The Morgan fingerprint density at radius 1 is 1.22 bits per heavy atom. The number of halogens is 1. The minimum Gasteiger partial charge on any atom is -0.338 e. The predicted molar refractivity (Wildman–Crippen MR) is 84.9 cm³/mol. The lowest BCUT2D eigenvalue weighted by Crippen LogP contribution is -2.28. The third-order valence-electron chi connectivity index (χ3n) is 4.46. The van der Waals surface area contributed by atoms with E-state index < -0.39 is 0 Å². The molecule has 3 aromatic rings. The van der Waals surface area contributed by atoms with E-state index in [4.69, 9.17) is 0 Å². The van der Waals surface area contributed by atoms with Crippen molar-refractivity contribution in [3.8, 4) is 0 Å². The first-order valence-electron chi connectivity index (χ1n) is 7.69. The zero-order chi connectivity index (χ0) is 15.8. The van der Waals surface area contributed by atoms with Crippen LogP contribution in [0.4, 0.5) is 4.39 Å². The van der Waals surface area contributed by atoms with E-state index in [-0.39, 0.29) is 17.6 Å². The van der Waals surface area contributed by atoms with Crippen molar-refractivity contribution in [2.45, 2.75) is 12.3 Å². The van der Waals surface area contributed by atoms with Gasteiger partial charge in [0, 0.05) is 37.6 Å². The molecule has 3 heterocycles. The molecule has 0 saturated carbocycles. The molecule has 4 rings (SSSR count). The van der Waals surface area contributed by atoms with Gasteiger partial charge in [0.05, 0.1) is 5.56 Å². The normalized spacial score (nSPS) is 17.8. The minimum atomic E-state index is -0.188. The van der Waals surface area contributed by atoms with Crippen molar-refractivity contribution in [1.29, 1.82) is 0 Å². The topological polar surface area (TPSA) is 37.6 Å². The Kier molecular flexibility index (Phi) is 3.33. The molecule has 1 aromatic carbocycles. The fourth-order valence-corrected chi connectivity index (χ4v) is 3.23. The number of hydrogen-bond donors (Lipinski definition) is 0. The van der Waals surface area contributed by atoms with Crippen LogP contribution in [0.3, 0.4) is 0 Å². The van der Waals surface area contributed by atoms with Gasteiger partial charge in [-0.15, -0.1) is 0 Å². The fourth-order valence-electron chi connectivity index (χ4n) is 3.23. The van der Waals surface area contributed by atoms with Crippen molar-refractivity contribution in [1.82, 2.24) is 14.3 Å². The number of carbonyl (C=O) groups excluding carboxylic acids is 1. The second-order valence-corrected chi connectivity index (χ2v) is 5.87. The van der Waals surface area contributed by atoms with Gasteiger partial charge in [-0.1, -0.05) is 18.2 Å². The van der Waals surface area contributed by atoms with Crippen LogP contribution in [-0.2, 0) is 0 Å². The fraction of sp³-hybridized carbons (Fsp3) is 0.222. The van der Waals surface area contributed by atoms with E-state index in [1.54, 1.807) is 29.4 Å². The molecule has 2 aromatic heterocycles. The van der Waals surface area contributed by atoms with E-state index in [2.05, 4.69) is 4.98 Å². The summed E-state index contributed by atoms with van der Waals surface area (Å²) < 4.78 is 15.7. The van der Waals surface area contributed by atoms with Crippen molar-refractivity contribution in [2.24, 2.45) is 0 Å². The van der Waals surface area contributed by atoms with E-state index in [1.807, 2.05) is 28.8 Å². The third-order valence-corrected chi connectivity index (χ3v) is 4.46. The molecule has 0 aliphatic carbocycles. The van der Waals surface area contributed by atoms with Crippen molar-refractivity contribution < 1.29 is 9.18 Å². The van der Waals surface area contributed by atoms with Gasteiger partial charge in [0.1, 0.15) is 11.5 Å². The number of hydrogen-bond acceptors (Lipinski definition) is 2. The molecule has 23 heavy (non-hydrogen) atoms. The minimum absolute atomic E-state index is 0.0144. The smallest absolute Gasteiger partial charge is 0.255 e. The average Bonchev–Trinajstić information content (AvgIpc) is 3.23. The summed E-state index contributed by atoms with van der Waals surface area (Å²) >= 11 is 0. The average molecular weight is 309 g/mol. The first-order chi connectivity index (χ1) is 11.2. The zero-order valence-corrected chi connectivity index (χ0v) is 12.5. The molecule has 0 bridgehead atoms. The maximum Gasteiger partial charge on any atom is 0.255 e. The Morgan fingerprint density at radius 3 is 2.96 bits per heavy atom. The molecule has 5 heteroatoms. The monoisotopic (exact) mass is 309 g/mol. The molecule has 1 aliphatic heterocycles. The van der Waals surface area contributed by atoms with Gasteiger partial charge in [-0.2, -0.15) is 0 Å². The third kappa shape index (κ3) is 2.48. The van der Waals surface area contributed by atoms with Gasteiger partial charge in [0.25, 0.3) is 5.91 Å². The Hall–Kier alpha value is -2.69. The predicted octanol–water partition coefficient (Wildman–Crippen LogP) is 3.10. The van der Waals surface area contributed by atoms with E-state index in [0.29, 0.717) is 24.2 Å². The van der Waals surface area contributed by atoms with Crippen LogP contribution < -0.4 is 0 Å². The van der Waals surface area contributed by atoms with Gasteiger partial charge in [-0.3, -0.25) is 4.79 Å². The molecule has 1 unspecified atom stereocenters. The van der Waals surface area contributed by atoms with Crippen molar-refractivity contribution in [3.63, 3.8) is 0 Å². The van der Waals surface area contributed by atoms with Crippen molar-refractivity contribution >= 4 is 11.6 Å². The summed E-state index contributed by atoms with van der Waals surface area (Å²) in [6.07, 6.45) is 6.10. The second-order valence-electron chi connectivity index (χ2n) is 5.87. The molecule has 1 amide bonds. The number of likely N-dealkylation sites (tertiary alicyclic amines) is 1. The number of fused-ring (bicyclic) bond motifs is 1. The lowest BCUT2D eigenvalue weighted by atomic mass is 9.98. The highest BCUT2D eigenvalue weighted by Crippen LogP contribution is 2.29. The summed E-state index contributed by atoms with van der Waals surface area (Å²) in [5.41, 5.74) is 2.14. The maximum atomic E-state index is 13.9. The van der Waals surface area contributed by atoms with Crippen LogP contribution in [0.2, 0.25) is 0 Å². The molecular formula is C18H16FN3O. The van der Waals surface area contributed by atoms with E-state index in [9.17, 15) is 9.18 Å². The summed E-state index contributed by atoms with van der Waals surface area (Å²) in [7, 11) is 0. The van der Waals surface area contributed by atoms with Crippen LogP contribution >= 0.6 is 0 Å². The Balaban J connectivity index is 1.55. The highest BCUT2D eigenvalue weighted by atomic mass is 19.1. The first-order valence-corrected chi connectivity index (χ1v) is 7.69. The number of benzene rings is 1. The number of nitrogens with zero attached hydrogens (tertiary/aromatic N) is 3. The summed E-state index contributed by atoms with van der Waals surface area (Å²) in [6.45, 7) is 1.21. The highest BCUT2D eigenvalue weighted by molar-refractivity contribution is 5.94. The van der Waals surface area contributed by atoms with Crippen LogP contribution in [0, 0.1) is 5.82 Å². The van der Waals surface area contributed by atoms with Gasteiger partial charge in [-0.25, -0.2) is 9.37 Å². The number of rotatable bonds is 2. The molecular weight excluding hydrogens is 293 g/mol. The molecule has 0 radical (unpaired) electrons. The first kappa shape index (κ1) is 13.9. The van der Waals surface area contributed by atoms with Crippen LogP contribution in [0.5, 0.6) is 0 Å². The summed E-state index contributed by atoms with van der Waals surface area (Å²) in [4.78, 5) is 18.6. The second kappa shape index (κ2) is 5.50. The molecule has 1 aliphatic rings. The number of amides is 1. The van der Waals surface area contributed by atoms with E-state index >= 15 is 0 Å². The molecule has 1 fully saturated rings. The van der Waals surface area contributed by atoms with Crippen LogP contribution in [-0.4, -0.2) is 33.3 Å². The van der Waals surface area contributed by atoms with E-state index in [1.165, 1.54) is 6.07 Å². The largest absolute Gasteiger partial charge is 0.338 e. The molecule has 1 saturated heterocycles. The van der Waals surface area contributed by atoms with Gasteiger partial charge < -0.3 is 9.30 Å². The Bertz CT molecular complexity index is 873. The molecule has 0 spiro atoms. The number of imidazole rings is 1. The van der Waals surface area contributed by atoms with Crippen LogP contribution in [0.1, 0.15) is 28.3 Å². The quantitative estimate of drug-likeness (QED) is 0.729. The number of pyridine rings is 1.